The lowest BCUT2D eigenvalue weighted by atomic mass is 9.92. The second-order valence-electron chi connectivity index (χ2n) is 5.97. The lowest BCUT2D eigenvalue weighted by Gasteiger charge is -2.25. The molecule has 0 saturated heterocycles. The van der Waals surface area contributed by atoms with Gasteiger partial charge in [-0.05, 0) is 24.6 Å². The predicted octanol–water partition coefficient (Wildman–Crippen LogP) is 3.36. The van der Waals surface area contributed by atoms with E-state index in [4.69, 9.17) is 16.2 Å². The molecule has 2 aromatic carbocycles. The minimum atomic E-state index is -0.319. The molecule has 5 nitrogen and oxygen atoms in total. The molecule has 3 aromatic rings. The number of anilines is 2. The molecule has 0 saturated carbocycles. The van der Waals surface area contributed by atoms with Crippen LogP contribution in [0.1, 0.15) is 23.7 Å². The normalized spacial score (nSPS) is 16.1. The largest absolute Gasteiger partial charge is 0.493 e. The molecule has 1 aromatic heterocycles. The molecule has 0 unspecified atom stereocenters. The molecule has 0 radical (unpaired) electrons. The summed E-state index contributed by atoms with van der Waals surface area (Å²) in [5, 5.41) is 0. The van der Waals surface area contributed by atoms with Crippen molar-refractivity contribution in [3.05, 3.63) is 65.7 Å². The zero-order valence-corrected chi connectivity index (χ0v) is 13.4. The summed E-state index contributed by atoms with van der Waals surface area (Å²) in [6, 6.07) is 14.1. The van der Waals surface area contributed by atoms with Gasteiger partial charge in [0.2, 0.25) is 0 Å². The molecule has 1 aliphatic rings. The molecular weight excluding hydrogens is 319 g/mol. The van der Waals surface area contributed by atoms with Crippen molar-refractivity contribution in [1.29, 1.82) is 0 Å². The molecule has 4 rings (SSSR count). The molecule has 1 atom stereocenters. The van der Waals surface area contributed by atoms with Gasteiger partial charge in [-0.15, -0.1) is 0 Å². The number of nitrogens with two attached hydrogens (primary N) is 2. The maximum absolute atomic E-state index is 13.7. The van der Waals surface area contributed by atoms with Crippen molar-refractivity contribution in [1.82, 2.24) is 9.97 Å². The van der Waals surface area contributed by atoms with E-state index in [0.717, 1.165) is 11.1 Å². The molecule has 6 heteroatoms. The van der Waals surface area contributed by atoms with Crippen LogP contribution in [-0.2, 0) is 0 Å². The van der Waals surface area contributed by atoms with Gasteiger partial charge >= 0.3 is 0 Å². The van der Waals surface area contributed by atoms with Crippen molar-refractivity contribution in [2.45, 2.75) is 12.3 Å². The lowest BCUT2D eigenvalue weighted by Crippen LogP contribution is -2.19. The molecule has 0 amide bonds. The summed E-state index contributed by atoms with van der Waals surface area (Å²) in [7, 11) is 0. The third kappa shape index (κ3) is 2.76. The highest BCUT2D eigenvalue weighted by molar-refractivity contribution is 5.79. The molecule has 126 valence electrons. The second-order valence-corrected chi connectivity index (χ2v) is 5.97. The molecule has 25 heavy (non-hydrogen) atoms. The summed E-state index contributed by atoms with van der Waals surface area (Å²) in [5.41, 5.74) is 14.7. The number of benzene rings is 2. The Hall–Kier alpha value is -3.15. The number of ether oxygens (including phenoxy) is 1. The maximum Gasteiger partial charge on any atom is 0.151 e. The second kappa shape index (κ2) is 6.05. The number of aromatic nitrogens is 2. The van der Waals surface area contributed by atoms with Gasteiger partial charge in [-0.3, -0.25) is 0 Å². The van der Waals surface area contributed by atoms with E-state index in [2.05, 4.69) is 9.97 Å². The number of hydrogen-bond acceptors (Lipinski definition) is 5. The molecule has 0 fully saturated rings. The summed E-state index contributed by atoms with van der Waals surface area (Å²) in [6.45, 7) is 0.512. The Kier molecular flexibility index (Phi) is 3.72. The molecule has 2 heterocycles. The van der Waals surface area contributed by atoms with Crippen molar-refractivity contribution >= 4 is 11.5 Å². The van der Waals surface area contributed by atoms with Crippen LogP contribution in [-0.4, -0.2) is 16.6 Å². The van der Waals surface area contributed by atoms with Crippen LogP contribution in [0.3, 0.4) is 0 Å². The first kappa shape index (κ1) is 15.4. The fourth-order valence-electron chi connectivity index (χ4n) is 3.11. The summed E-state index contributed by atoms with van der Waals surface area (Å²) < 4.78 is 19.4. The van der Waals surface area contributed by atoms with Crippen molar-refractivity contribution in [3.63, 3.8) is 0 Å². The van der Waals surface area contributed by atoms with E-state index in [-0.39, 0.29) is 17.6 Å². The van der Waals surface area contributed by atoms with E-state index in [1.54, 1.807) is 6.07 Å². The van der Waals surface area contributed by atoms with Gasteiger partial charge in [0.05, 0.1) is 18.2 Å². The standard InChI is InChI=1S/C19H17FN4O/c20-12-6-7-15-14(10-12)13(8-9-25-15)19-23-17(16(21)18(22)24-19)11-4-2-1-3-5-11/h1-7,10,13H,8-9,21H2,(H2,22,23,24)/t13-/m1/s1. The highest BCUT2D eigenvalue weighted by Gasteiger charge is 2.27. The molecule has 0 spiro atoms. The van der Waals surface area contributed by atoms with Crippen LogP contribution in [0.25, 0.3) is 11.3 Å². The third-order valence-electron chi connectivity index (χ3n) is 4.36. The Bertz CT molecular complexity index is 930. The first-order valence-corrected chi connectivity index (χ1v) is 8.04. The number of nitrogens with zero attached hydrogens (tertiary/aromatic N) is 2. The monoisotopic (exact) mass is 336 g/mol. The highest BCUT2D eigenvalue weighted by Crippen LogP contribution is 2.39. The molecular formula is C19H17FN4O. The van der Waals surface area contributed by atoms with Crippen molar-refractivity contribution in [3.8, 4) is 17.0 Å². The Morgan fingerprint density at radius 1 is 1.04 bits per heavy atom. The Labute approximate surface area is 144 Å². The Morgan fingerprint density at radius 2 is 1.84 bits per heavy atom. The first-order valence-electron chi connectivity index (χ1n) is 8.04. The van der Waals surface area contributed by atoms with Crippen LogP contribution in [0.5, 0.6) is 5.75 Å². The smallest absolute Gasteiger partial charge is 0.151 e. The number of fused-ring (bicyclic) bond motifs is 1. The van der Waals surface area contributed by atoms with Crippen molar-refractivity contribution in [2.75, 3.05) is 18.1 Å². The van der Waals surface area contributed by atoms with E-state index in [1.807, 2.05) is 30.3 Å². The van der Waals surface area contributed by atoms with E-state index >= 15 is 0 Å². The van der Waals surface area contributed by atoms with Gasteiger partial charge < -0.3 is 16.2 Å². The zero-order valence-electron chi connectivity index (χ0n) is 13.4. The van der Waals surface area contributed by atoms with Gasteiger partial charge in [-0.2, -0.15) is 0 Å². The van der Waals surface area contributed by atoms with Crippen molar-refractivity contribution < 1.29 is 9.13 Å². The number of nitrogen functional groups attached to an aromatic ring is 2. The zero-order chi connectivity index (χ0) is 17.4. The van der Waals surface area contributed by atoms with Gasteiger partial charge in [0, 0.05) is 11.1 Å². The quantitative estimate of drug-likeness (QED) is 0.749. The first-order chi connectivity index (χ1) is 12.1. The number of rotatable bonds is 2. The fraction of sp³-hybridized carbons (Fsp3) is 0.158. The van der Waals surface area contributed by atoms with Crippen LogP contribution in [0.15, 0.2) is 48.5 Å². The Morgan fingerprint density at radius 3 is 2.64 bits per heavy atom. The minimum Gasteiger partial charge on any atom is -0.493 e. The third-order valence-corrected chi connectivity index (χ3v) is 4.36. The Balaban J connectivity index is 1.85. The average Bonchev–Trinajstić information content (AvgIpc) is 2.64. The summed E-state index contributed by atoms with van der Waals surface area (Å²) in [6.07, 6.45) is 0.647. The highest BCUT2D eigenvalue weighted by atomic mass is 19.1. The van der Waals surface area contributed by atoms with E-state index in [1.165, 1.54) is 12.1 Å². The van der Waals surface area contributed by atoms with Crippen molar-refractivity contribution in [2.24, 2.45) is 0 Å². The van der Waals surface area contributed by atoms with Gasteiger partial charge in [0.1, 0.15) is 23.1 Å². The molecule has 1 aliphatic heterocycles. The lowest BCUT2D eigenvalue weighted by molar-refractivity contribution is 0.273. The van der Waals surface area contributed by atoms with Crippen LogP contribution >= 0.6 is 0 Å². The summed E-state index contributed by atoms with van der Waals surface area (Å²) in [4.78, 5) is 9.04. The fourth-order valence-corrected chi connectivity index (χ4v) is 3.11. The van der Waals surface area contributed by atoms with Crippen LogP contribution in [0, 0.1) is 5.82 Å². The van der Waals surface area contributed by atoms with Crippen LogP contribution in [0.4, 0.5) is 15.9 Å². The van der Waals surface area contributed by atoms with Gasteiger partial charge in [0.15, 0.2) is 5.82 Å². The molecule has 0 bridgehead atoms. The number of halogens is 1. The van der Waals surface area contributed by atoms with Crippen LogP contribution in [0.2, 0.25) is 0 Å². The van der Waals surface area contributed by atoms with E-state index in [9.17, 15) is 4.39 Å². The number of hydrogen-bond donors (Lipinski definition) is 2. The van der Waals surface area contributed by atoms with E-state index in [0.29, 0.717) is 36.0 Å². The van der Waals surface area contributed by atoms with E-state index < -0.39 is 0 Å². The van der Waals surface area contributed by atoms with Crippen LogP contribution < -0.4 is 16.2 Å². The molecule has 4 N–H and O–H groups in total. The molecule has 0 aliphatic carbocycles. The average molecular weight is 336 g/mol. The summed E-state index contributed by atoms with van der Waals surface area (Å²) in [5.74, 6) is 0.901. The predicted molar refractivity (Wildman–Crippen MR) is 94.6 cm³/mol. The SMILES string of the molecule is Nc1nc([C@@H]2CCOc3ccc(F)cc32)nc(-c2ccccc2)c1N. The van der Waals surface area contributed by atoms with Gasteiger partial charge in [-0.25, -0.2) is 14.4 Å². The van der Waals surface area contributed by atoms with Gasteiger partial charge in [0.25, 0.3) is 0 Å². The maximum atomic E-state index is 13.7. The topological polar surface area (TPSA) is 87.0 Å². The summed E-state index contributed by atoms with van der Waals surface area (Å²) >= 11 is 0. The van der Waals surface area contributed by atoms with Gasteiger partial charge in [-0.1, -0.05) is 30.3 Å². The minimum absolute atomic E-state index is 0.190.